The van der Waals surface area contributed by atoms with Crippen LogP contribution in [0.2, 0.25) is 0 Å². The molecule has 0 aromatic carbocycles. The van der Waals surface area contributed by atoms with Gasteiger partial charge in [-0.15, -0.1) is 0 Å². The number of hydrogen-bond acceptors (Lipinski definition) is 4. The van der Waals surface area contributed by atoms with Crippen LogP contribution in [0.4, 0.5) is 0 Å². The highest BCUT2D eigenvalue weighted by Gasteiger charge is 2.31. The van der Waals surface area contributed by atoms with E-state index in [1.807, 2.05) is 0 Å². The molecule has 0 radical (unpaired) electrons. The average Bonchev–Trinajstić information content (AvgIpc) is 2.24. The number of rotatable bonds is 9. The summed E-state index contributed by atoms with van der Waals surface area (Å²) < 4.78 is 11.0. The summed E-state index contributed by atoms with van der Waals surface area (Å²) in [7, 11) is 0. The van der Waals surface area contributed by atoms with Crippen molar-refractivity contribution in [1.29, 1.82) is 0 Å². The highest BCUT2D eigenvalue weighted by molar-refractivity contribution is 4.83. The smallest absolute Gasteiger partial charge is 0.0633 e. The van der Waals surface area contributed by atoms with Gasteiger partial charge in [-0.05, 0) is 38.5 Å². The number of nitrogens with two attached hydrogens (primary N) is 1. The van der Waals surface area contributed by atoms with Crippen molar-refractivity contribution in [2.24, 2.45) is 11.8 Å². The summed E-state index contributed by atoms with van der Waals surface area (Å²) in [6, 6.07) is 0.291. The van der Waals surface area contributed by atoms with Gasteiger partial charge in [0.1, 0.15) is 0 Å². The van der Waals surface area contributed by atoms with Gasteiger partial charge in [0.05, 0.1) is 12.7 Å². The Hall–Kier alpha value is -0.160. The van der Waals surface area contributed by atoms with Crippen molar-refractivity contribution < 1.29 is 9.47 Å². The van der Waals surface area contributed by atoms with Crippen LogP contribution in [0.1, 0.15) is 39.5 Å². The van der Waals surface area contributed by atoms with Crippen molar-refractivity contribution in [3.8, 4) is 0 Å². The summed E-state index contributed by atoms with van der Waals surface area (Å²) >= 11 is 0. The van der Waals surface area contributed by atoms with Crippen LogP contribution < -0.4 is 11.3 Å². The molecule has 0 aromatic rings. The fourth-order valence-electron chi connectivity index (χ4n) is 2.20. The van der Waals surface area contributed by atoms with Crippen molar-refractivity contribution in [2.45, 2.75) is 51.7 Å². The van der Waals surface area contributed by atoms with Crippen molar-refractivity contribution in [1.82, 2.24) is 5.43 Å². The second-order valence-corrected chi connectivity index (χ2v) is 4.59. The van der Waals surface area contributed by atoms with Crippen LogP contribution in [0, 0.1) is 5.92 Å². The molecule has 4 nitrogen and oxygen atoms in total. The third-order valence-electron chi connectivity index (χ3n) is 3.12. The highest BCUT2D eigenvalue weighted by atomic mass is 16.5. The minimum atomic E-state index is 0.291. The van der Waals surface area contributed by atoms with Crippen LogP contribution in [-0.2, 0) is 9.47 Å². The maximum atomic E-state index is 5.54. The van der Waals surface area contributed by atoms with Crippen molar-refractivity contribution in [3.63, 3.8) is 0 Å². The third kappa shape index (κ3) is 4.78. The lowest BCUT2D eigenvalue weighted by Crippen LogP contribution is -2.43. The average molecular weight is 230 g/mol. The van der Waals surface area contributed by atoms with Gasteiger partial charge in [-0.25, -0.2) is 0 Å². The van der Waals surface area contributed by atoms with Crippen LogP contribution in [-0.4, -0.2) is 32.0 Å². The van der Waals surface area contributed by atoms with Gasteiger partial charge in [0, 0.05) is 19.3 Å². The van der Waals surface area contributed by atoms with Gasteiger partial charge in [0.25, 0.3) is 0 Å². The Bertz CT molecular complexity index is 172. The topological polar surface area (TPSA) is 56.5 Å². The first-order chi connectivity index (χ1) is 7.80. The van der Waals surface area contributed by atoms with Crippen molar-refractivity contribution in [3.05, 3.63) is 0 Å². The molecule has 96 valence electrons. The SMILES string of the molecule is CCCOCC(CC1CC(OCC)C1)NN. The van der Waals surface area contributed by atoms with E-state index in [-0.39, 0.29) is 0 Å². The van der Waals surface area contributed by atoms with Gasteiger partial charge < -0.3 is 9.47 Å². The van der Waals surface area contributed by atoms with Crippen LogP contribution >= 0.6 is 0 Å². The Morgan fingerprint density at radius 2 is 2.12 bits per heavy atom. The zero-order valence-corrected chi connectivity index (χ0v) is 10.6. The Kier molecular flexibility index (Phi) is 6.96. The molecule has 1 fully saturated rings. The number of nitrogens with one attached hydrogen (secondary N) is 1. The first kappa shape index (κ1) is 13.9. The minimum Gasteiger partial charge on any atom is -0.380 e. The van der Waals surface area contributed by atoms with Gasteiger partial charge >= 0.3 is 0 Å². The monoisotopic (exact) mass is 230 g/mol. The molecule has 1 aliphatic carbocycles. The lowest BCUT2D eigenvalue weighted by Gasteiger charge is -2.36. The molecule has 1 saturated carbocycles. The molecule has 1 rings (SSSR count). The molecule has 0 spiro atoms. The largest absolute Gasteiger partial charge is 0.380 e. The minimum absolute atomic E-state index is 0.291. The Labute approximate surface area is 98.8 Å². The standard InChI is InChI=1S/C12H26N2O2/c1-3-5-15-9-11(14-13)6-10-7-12(8-10)16-4-2/h10-12,14H,3-9,13H2,1-2H3. The molecule has 1 aliphatic rings. The van der Waals surface area contributed by atoms with Crippen molar-refractivity contribution in [2.75, 3.05) is 19.8 Å². The molecular weight excluding hydrogens is 204 g/mol. The lowest BCUT2D eigenvalue weighted by molar-refractivity contribution is -0.0321. The Morgan fingerprint density at radius 1 is 1.38 bits per heavy atom. The lowest BCUT2D eigenvalue weighted by atomic mass is 9.78. The molecule has 0 heterocycles. The summed E-state index contributed by atoms with van der Waals surface area (Å²) in [5.74, 6) is 6.27. The molecule has 0 aromatic heterocycles. The van der Waals surface area contributed by atoms with E-state index in [0.29, 0.717) is 12.1 Å². The summed E-state index contributed by atoms with van der Waals surface area (Å²) in [5, 5.41) is 0. The van der Waals surface area contributed by atoms with Crippen LogP contribution in [0.5, 0.6) is 0 Å². The predicted molar refractivity (Wildman–Crippen MR) is 65.0 cm³/mol. The van der Waals surface area contributed by atoms with E-state index in [2.05, 4.69) is 19.3 Å². The second-order valence-electron chi connectivity index (χ2n) is 4.59. The Balaban J connectivity index is 2.06. The van der Waals surface area contributed by atoms with E-state index < -0.39 is 0 Å². The van der Waals surface area contributed by atoms with Gasteiger partial charge in [-0.3, -0.25) is 11.3 Å². The molecule has 0 aliphatic heterocycles. The third-order valence-corrected chi connectivity index (χ3v) is 3.12. The van der Waals surface area contributed by atoms with E-state index in [0.717, 1.165) is 38.6 Å². The van der Waals surface area contributed by atoms with E-state index in [4.69, 9.17) is 15.3 Å². The van der Waals surface area contributed by atoms with Crippen LogP contribution in [0.25, 0.3) is 0 Å². The molecule has 3 N–H and O–H groups in total. The fraction of sp³-hybridized carbons (Fsp3) is 1.00. The normalized spacial score (nSPS) is 26.4. The highest BCUT2D eigenvalue weighted by Crippen LogP contribution is 2.33. The van der Waals surface area contributed by atoms with Crippen LogP contribution in [0.3, 0.4) is 0 Å². The molecular formula is C12H26N2O2. The van der Waals surface area contributed by atoms with E-state index in [1.165, 1.54) is 12.8 Å². The summed E-state index contributed by atoms with van der Waals surface area (Å²) in [4.78, 5) is 0. The van der Waals surface area contributed by atoms with E-state index in [1.54, 1.807) is 0 Å². The van der Waals surface area contributed by atoms with Gasteiger partial charge in [0.2, 0.25) is 0 Å². The summed E-state index contributed by atoms with van der Waals surface area (Å²) in [6.45, 7) is 6.54. The molecule has 4 heteroatoms. The van der Waals surface area contributed by atoms with E-state index in [9.17, 15) is 0 Å². The zero-order chi connectivity index (χ0) is 11.8. The maximum Gasteiger partial charge on any atom is 0.0633 e. The second kappa shape index (κ2) is 8.01. The first-order valence-corrected chi connectivity index (χ1v) is 6.45. The Morgan fingerprint density at radius 3 is 2.69 bits per heavy atom. The zero-order valence-electron chi connectivity index (χ0n) is 10.6. The first-order valence-electron chi connectivity index (χ1n) is 6.45. The summed E-state index contributed by atoms with van der Waals surface area (Å²) in [5.41, 5.74) is 2.84. The van der Waals surface area contributed by atoms with Gasteiger partial charge in [-0.2, -0.15) is 0 Å². The molecule has 0 saturated heterocycles. The van der Waals surface area contributed by atoms with Gasteiger partial charge in [0.15, 0.2) is 0 Å². The van der Waals surface area contributed by atoms with Gasteiger partial charge in [-0.1, -0.05) is 6.92 Å². The molecule has 0 bridgehead atoms. The van der Waals surface area contributed by atoms with Crippen LogP contribution in [0.15, 0.2) is 0 Å². The maximum absolute atomic E-state index is 5.54. The molecule has 16 heavy (non-hydrogen) atoms. The quantitative estimate of drug-likeness (QED) is 0.357. The number of ether oxygens (including phenoxy) is 2. The molecule has 1 unspecified atom stereocenters. The molecule has 0 amide bonds. The molecule has 1 atom stereocenters. The summed E-state index contributed by atoms with van der Waals surface area (Å²) in [6.07, 6.45) is 5.02. The van der Waals surface area contributed by atoms with Crippen molar-refractivity contribution >= 4 is 0 Å². The number of hydrazine groups is 1. The van der Waals surface area contributed by atoms with E-state index >= 15 is 0 Å². The number of hydrogen-bond donors (Lipinski definition) is 2. The predicted octanol–water partition coefficient (Wildman–Crippen LogP) is 1.45. The fourth-order valence-corrected chi connectivity index (χ4v) is 2.20.